The summed E-state index contributed by atoms with van der Waals surface area (Å²) >= 11 is 1.37. The quantitative estimate of drug-likeness (QED) is 0.784. The number of methoxy groups -OCH3 is 1. The maximum atomic E-state index is 12.7. The fourth-order valence-corrected chi connectivity index (χ4v) is 4.55. The van der Waals surface area contributed by atoms with Crippen molar-refractivity contribution >= 4 is 45.1 Å². The van der Waals surface area contributed by atoms with Gasteiger partial charge in [0.2, 0.25) is 5.91 Å². The highest BCUT2D eigenvalue weighted by molar-refractivity contribution is 7.20. The van der Waals surface area contributed by atoms with E-state index in [1.54, 1.807) is 25.3 Å². The number of ether oxygens (including phenoxy) is 1. The minimum absolute atomic E-state index is 0.287. The first-order chi connectivity index (χ1) is 13.0. The first-order valence-electron chi connectivity index (χ1n) is 8.89. The lowest BCUT2D eigenvalue weighted by Crippen LogP contribution is -2.48. The maximum absolute atomic E-state index is 12.7. The van der Waals surface area contributed by atoms with Gasteiger partial charge in [-0.15, -0.1) is 0 Å². The van der Waals surface area contributed by atoms with Crippen LogP contribution >= 0.6 is 11.3 Å². The molecule has 2 aromatic rings. The average molecular weight is 388 g/mol. The molecule has 1 aromatic carbocycles. The van der Waals surface area contributed by atoms with Crippen molar-refractivity contribution < 1.29 is 19.1 Å². The molecule has 1 aliphatic heterocycles. The molecule has 9 heteroatoms. The van der Waals surface area contributed by atoms with Crippen LogP contribution in [0.1, 0.15) is 32.1 Å². The average Bonchev–Trinajstić information content (AvgIpc) is 3.16. The van der Waals surface area contributed by atoms with E-state index in [0.717, 1.165) is 34.4 Å². The number of amides is 4. The van der Waals surface area contributed by atoms with Crippen molar-refractivity contribution in [3.63, 3.8) is 0 Å². The minimum Gasteiger partial charge on any atom is -0.473 e. The van der Waals surface area contributed by atoms with Gasteiger partial charge in [0.05, 0.1) is 17.3 Å². The third kappa shape index (κ3) is 3.23. The monoisotopic (exact) mass is 388 g/mol. The van der Waals surface area contributed by atoms with E-state index in [4.69, 9.17) is 4.74 Å². The highest BCUT2D eigenvalue weighted by Gasteiger charge is 2.51. The number of urea groups is 1. The van der Waals surface area contributed by atoms with Crippen LogP contribution in [0.2, 0.25) is 0 Å². The summed E-state index contributed by atoms with van der Waals surface area (Å²) in [6.07, 6.45) is 4.16. The molecule has 1 saturated heterocycles. The van der Waals surface area contributed by atoms with Crippen molar-refractivity contribution in [1.29, 1.82) is 0 Å². The molecule has 2 aliphatic rings. The zero-order valence-electron chi connectivity index (χ0n) is 14.9. The first kappa shape index (κ1) is 17.7. The molecule has 4 amide bonds. The van der Waals surface area contributed by atoms with E-state index < -0.39 is 17.5 Å². The highest BCUT2D eigenvalue weighted by atomic mass is 32.1. The maximum Gasteiger partial charge on any atom is 0.325 e. The summed E-state index contributed by atoms with van der Waals surface area (Å²) in [6, 6.07) is 4.82. The normalized spacial score (nSPS) is 18.8. The van der Waals surface area contributed by atoms with Crippen LogP contribution < -0.4 is 15.4 Å². The summed E-state index contributed by atoms with van der Waals surface area (Å²) in [4.78, 5) is 42.7. The van der Waals surface area contributed by atoms with Gasteiger partial charge in [0.15, 0.2) is 0 Å². The zero-order chi connectivity index (χ0) is 19.0. The molecule has 1 aliphatic carbocycles. The predicted octanol–water partition coefficient (Wildman–Crippen LogP) is 2.50. The van der Waals surface area contributed by atoms with Gasteiger partial charge < -0.3 is 15.4 Å². The Labute approximate surface area is 159 Å². The summed E-state index contributed by atoms with van der Waals surface area (Å²) in [5.41, 5.74) is 0.551. The van der Waals surface area contributed by atoms with Gasteiger partial charge in [-0.2, -0.15) is 0 Å². The van der Waals surface area contributed by atoms with E-state index in [2.05, 4.69) is 15.6 Å². The lowest BCUT2D eigenvalue weighted by atomic mass is 9.82. The van der Waals surface area contributed by atoms with Crippen LogP contribution in [0.4, 0.5) is 10.5 Å². The van der Waals surface area contributed by atoms with Crippen LogP contribution in [-0.2, 0) is 9.59 Å². The smallest absolute Gasteiger partial charge is 0.325 e. The fourth-order valence-electron chi connectivity index (χ4n) is 3.73. The molecule has 142 valence electrons. The van der Waals surface area contributed by atoms with E-state index in [0.29, 0.717) is 23.7 Å². The van der Waals surface area contributed by atoms with E-state index in [1.165, 1.54) is 11.3 Å². The van der Waals surface area contributed by atoms with Crippen molar-refractivity contribution in [3.05, 3.63) is 18.2 Å². The van der Waals surface area contributed by atoms with Crippen LogP contribution in [0, 0.1) is 0 Å². The Hall–Kier alpha value is -2.68. The van der Waals surface area contributed by atoms with Gasteiger partial charge in [0.1, 0.15) is 12.1 Å². The van der Waals surface area contributed by atoms with E-state index in [1.807, 2.05) is 0 Å². The topological polar surface area (TPSA) is 101 Å². The molecule has 0 radical (unpaired) electrons. The van der Waals surface area contributed by atoms with Crippen molar-refractivity contribution in [1.82, 2.24) is 15.2 Å². The Morgan fingerprint density at radius 2 is 2.11 bits per heavy atom. The minimum atomic E-state index is -0.812. The predicted molar refractivity (Wildman–Crippen MR) is 101 cm³/mol. The molecular weight excluding hydrogens is 368 g/mol. The number of anilines is 1. The molecule has 1 aromatic heterocycles. The van der Waals surface area contributed by atoms with E-state index in [9.17, 15) is 14.4 Å². The lowest BCUT2D eigenvalue weighted by Gasteiger charge is -2.30. The number of thiazole rings is 1. The molecule has 8 nitrogen and oxygen atoms in total. The molecule has 0 unspecified atom stereocenters. The van der Waals surface area contributed by atoms with Crippen LogP contribution in [0.15, 0.2) is 18.2 Å². The van der Waals surface area contributed by atoms with Gasteiger partial charge >= 0.3 is 6.03 Å². The number of fused-ring (bicyclic) bond motifs is 1. The molecule has 0 bridgehead atoms. The summed E-state index contributed by atoms with van der Waals surface area (Å²) in [6.45, 7) is -0.295. The lowest BCUT2D eigenvalue weighted by molar-refractivity contribution is -0.134. The second-order valence-corrected chi connectivity index (χ2v) is 7.87. The van der Waals surface area contributed by atoms with Gasteiger partial charge in [-0.3, -0.25) is 14.5 Å². The van der Waals surface area contributed by atoms with Gasteiger partial charge in [-0.05, 0) is 31.0 Å². The zero-order valence-corrected chi connectivity index (χ0v) is 15.7. The second-order valence-electron chi connectivity index (χ2n) is 6.88. The summed E-state index contributed by atoms with van der Waals surface area (Å²) in [7, 11) is 1.55. The van der Waals surface area contributed by atoms with Crippen LogP contribution in [0.25, 0.3) is 10.2 Å². The third-order valence-corrected chi connectivity index (χ3v) is 6.06. The number of nitrogens with one attached hydrogen (secondary N) is 2. The number of rotatable bonds is 4. The first-order valence-corrected chi connectivity index (χ1v) is 9.71. The number of benzene rings is 1. The summed E-state index contributed by atoms with van der Waals surface area (Å²) in [5, 5.41) is 6.10. The van der Waals surface area contributed by atoms with Crippen molar-refractivity contribution in [3.8, 4) is 5.19 Å². The number of carbonyl (C=O) groups excluding carboxylic acids is 3. The molecule has 0 atom stereocenters. The number of nitrogens with zero attached hydrogens (tertiary/aromatic N) is 2. The van der Waals surface area contributed by atoms with Crippen LogP contribution in [-0.4, -0.2) is 46.9 Å². The number of hydrogen-bond acceptors (Lipinski definition) is 6. The molecule has 1 spiro atoms. The van der Waals surface area contributed by atoms with Crippen molar-refractivity contribution in [2.45, 2.75) is 37.6 Å². The number of hydrogen-bond donors (Lipinski definition) is 2. The highest BCUT2D eigenvalue weighted by Crippen LogP contribution is 2.33. The number of aromatic nitrogens is 1. The number of imide groups is 1. The molecule has 4 rings (SSSR count). The Balaban J connectivity index is 1.44. The molecular formula is C18H20N4O4S. The van der Waals surface area contributed by atoms with E-state index >= 15 is 0 Å². The fraction of sp³-hybridized carbons (Fsp3) is 0.444. The van der Waals surface area contributed by atoms with Crippen LogP contribution in [0.5, 0.6) is 5.19 Å². The van der Waals surface area contributed by atoms with Gasteiger partial charge in [-0.25, -0.2) is 9.78 Å². The molecule has 27 heavy (non-hydrogen) atoms. The Morgan fingerprint density at radius 1 is 1.33 bits per heavy atom. The molecule has 1 saturated carbocycles. The summed E-state index contributed by atoms with van der Waals surface area (Å²) < 4.78 is 5.99. The van der Waals surface area contributed by atoms with Crippen molar-refractivity contribution in [2.75, 3.05) is 19.0 Å². The standard InChI is InChI=1S/C18H20N4O4S/c1-26-17-20-12-6-5-11(9-13(12)27-17)19-14(23)10-22-15(24)18(21-16(22)25)7-3-2-4-8-18/h5-6,9H,2-4,7-8,10H2,1H3,(H,19,23)(H,21,25). The Bertz CT molecular complexity index is 919. The molecule has 2 fully saturated rings. The second kappa shape index (κ2) is 6.80. The Morgan fingerprint density at radius 3 is 2.85 bits per heavy atom. The SMILES string of the molecule is COc1nc2ccc(NC(=O)CN3C(=O)NC4(CCCCC4)C3=O)cc2s1. The molecule has 2 heterocycles. The summed E-state index contributed by atoms with van der Waals surface area (Å²) in [5.74, 6) is -0.702. The van der Waals surface area contributed by atoms with Gasteiger partial charge in [0, 0.05) is 5.69 Å². The third-order valence-electron chi connectivity index (χ3n) is 5.08. The Kier molecular flexibility index (Phi) is 4.47. The van der Waals surface area contributed by atoms with Crippen LogP contribution in [0.3, 0.4) is 0 Å². The largest absolute Gasteiger partial charge is 0.473 e. The van der Waals surface area contributed by atoms with Crippen molar-refractivity contribution in [2.24, 2.45) is 0 Å². The van der Waals surface area contributed by atoms with Gasteiger partial charge in [-0.1, -0.05) is 30.6 Å². The van der Waals surface area contributed by atoms with Gasteiger partial charge in [0.25, 0.3) is 11.1 Å². The number of carbonyl (C=O) groups is 3. The molecule has 2 N–H and O–H groups in total. The van der Waals surface area contributed by atoms with E-state index in [-0.39, 0.29) is 12.5 Å².